The van der Waals surface area contributed by atoms with Crippen molar-refractivity contribution in [3.05, 3.63) is 47.7 Å². The Bertz CT molecular complexity index is 761. The lowest BCUT2D eigenvalue weighted by atomic mass is 9.90. The molecule has 5 nitrogen and oxygen atoms in total. The van der Waals surface area contributed by atoms with Gasteiger partial charge in [-0.25, -0.2) is 4.99 Å². The van der Waals surface area contributed by atoms with E-state index in [1.807, 2.05) is 24.4 Å². The van der Waals surface area contributed by atoms with Crippen LogP contribution in [-0.4, -0.2) is 48.8 Å². The van der Waals surface area contributed by atoms with Crippen LogP contribution in [-0.2, 0) is 6.42 Å². The van der Waals surface area contributed by atoms with Gasteiger partial charge in [-0.15, -0.1) is 0 Å². The summed E-state index contributed by atoms with van der Waals surface area (Å²) in [6.45, 7) is 3.03. The number of likely N-dealkylation sites (tertiary alicyclic amines) is 1. The predicted octanol–water partition coefficient (Wildman–Crippen LogP) is 3.34. The van der Waals surface area contributed by atoms with Gasteiger partial charge in [-0.05, 0) is 55.9 Å². The Morgan fingerprint density at radius 3 is 2.96 bits per heavy atom. The number of hydrogen-bond acceptors (Lipinski definition) is 5. The van der Waals surface area contributed by atoms with Gasteiger partial charge in [0.05, 0.1) is 19.1 Å². The van der Waals surface area contributed by atoms with Crippen molar-refractivity contribution in [2.45, 2.75) is 38.2 Å². The third kappa shape index (κ3) is 4.09. The number of aliphatic imine (C=N–C) groups is 1. The lowest BCUT2D eigenvalue weighted by molar-refractivity contribution is 0.0834. The summed E-state index contributed by atoms with van der Waals surface area (Å²) in [7, 11) is 1.71. The van der Waals surface area contributed by atoms with E-state index < -0.39 is 0 Å². The maximum atomic E-state index is 9.64. The molecule has 3 heterocycles. The van der Waals surface area contributed by atoms with E-state index in [9.17, 15) is 5.11 Å². The number of rotatable bonds is 4. The molecule has 1 saturated heterocycles. The first-order valence-corrected chi connectivity index (χ1v) is 9.93. The van der Waals surface area contributed by atoms with Crippen molar-refractivity contribution in [3.8, 4) is 11.5 Å². The number of ether oxygens (including phenoxy) is 2. The number of aliphatic hydroxyl groups is 1. The van der Waals surface area contributed by atoms with Crippen molar-refractivity contribution in [1.82, 2.24) is 4.90 Å². The van der Waals surface area contributed by atoms with Crippen molar-refractivity contribution in [3.63, 3.8) is 0 Å². The van der Waals surface area contributed by atoms with E-state index in [4.69, 9.17) is 9.47 Å². The third-order valence-corrected chi connectivity index (χ3v) is 5.76. The Morgan fingerprint density at radius 1 is 1.30 bits per heavy atom. The number of benzene rings is 1. The summed E-state index contributed by atoms with van der Waals surface area (Å²) in [5.74, 6) is 2.74. The molecule has 1 unspecified atom stereocenters. The number of fused-ring (bicyclic) bond motifs is 2. The van der Waals surface area contributed by atoms with Crippen LogP contribution in [0.4, 0.5) is 0 Å². The zero-order valence-electron chi connectivity index (χ0n) is 15.9. The largest absolute Gasteiger partial charge is 0.496 e. The van der Waals surface area contributed by atoms with Gasteiger partial charge in [-0.1, -0.05) is 12.1 Å². The lowest BCUT2D eigenvalue weighted by Crippen LogP contribution is -2.36. The maximum absolute atomic E-state index is 9.64. The molecule has 0 radical (unpaired) electrons. The summed E-state index contributed by atoms with van der Waals surface area (Å²) in [6, 6.07) is 5.95. The Hall–Kier alpha value is -2.11. The highest BCUT2D eigenvalue weighted by molar-refractivity contribution is 5.87. The highest BCUT2D eigenvalue weighted by atomic mass is 16.5. The second kappa shape index (κ2) is 8.28. The Balaban J connectivity index is 1.44. The van der Waals surface area contributed by atoms with Gasteiger partial charge in [-0.3, -0.25) is 0 Å². The van der Waals surface area contributed by atoms with Crippen LogP contribution < -0.4 is 9.47 Å². The topological polar surface area (TPSA) is 54.3 Å². The first-order valence-electron chi connectivity index (χ1n) is 9.93. The average molecular weight is 368 g/mol. The Labute approximate surface area is 161 Å². The van der Waals surface area contributed by atoms with E-state index in [1.165, 1.54) is 5.57 Å². The second-order valence-corrected chi connectivity index (χ2v) is 7.48. The van der Waals surface area contributed by atoms with E-state index in [1.54, 1.807) is 7.11 Å². The molecule has 4 rings (SSSR count). The molecule has 3 aliphatic rings. The molecular formula is C22H28N2O3. The summed E-state index contributed by atoms with van der Waals surface area (Å²) >= 11 is 0. The molecule has 3 aliphatic heterocycles. The van der Waals surface area contributed by atoms with Gasteiger partial charge in [0.2, 0.25) is 5.90 Å². The summed E-state index contributed by atoms with van der Waals surface area (Å²) < 4.78 is 11.7. The average Bonchev–Trinajstić information content (AvgIpc) is 2.89. The second-order valence-electron chi connectivity index (χ2n) is 7.48. The van der Waals surface area contributed by atoms with Crippen LogP contribution in [0.15, 0.2) is 47.1 Å². The first kappa shape index (κ1) is 18.3. The quantitative estimate of drug-likeness (QED) is 0.886. The standard InChI is InChI=1S/C22H28N2O3/c1-26-20-5-2-6-21-19(20)8-7-18-16(9-12-23-22(18)27-21)4-3-13-24-14-10-17(25)11-15-24/h2,4-6,9,12,17-18,25H,3,7-8,10-11,13-15H2,1H3. The molecule has 27 heavy (non-hydrogen) atoms. The molecule has 1 aromatic carbocycles. The molecule has 1 N–H and O–H groups in total. The molecule has 1 atom stereocenters. The van der Waals surface area contributed by atoms with Gasteiger partial charge in [-0.2, -0.15) is 0 Å². The molecule has 0 amide bonds. The summed E-state index contributed by atoms with van der Waals surface area (Å²) in [5, 5.41) is 9.64. The van der Waals surface area contributed by atoms with Crippen molar-refractivity contribution in [2.24, 2.45) is 10.9 Å². The molecular weight excluding hydrogens is 340 g/mol. The fourth-order valence-electron chi connectivity index (χ4n) is 4.18. The number of nitrogens with zero attached hydrogens (tertiary/aromatic N) is 2. The number of hydrogen-bond donors (Lipinski definition) is 1. The van der Waals surface area contributed by atoms with Gasteiger partial charge >= 0.3 is 0 Å². The van der Waals surface area contributed by atoms with Crippen molar-refractivity contribution >= 4 is 5.90 Å². The predicted molar refractivity (Wildman–Crippen MR) is 106 cm³/mol. The highest BCUT2D eigenvalue weighted by Crippen LogP contribution is 2.37. The fraction of sp³-hybridized carbons (Fsp3) is 0.500. The van der Waals surface area contributed by atoms with E-state index in [0.717, 1.165) is 74.7 Å². The SMILES string of the molecule is COc1cccc2c1CCC1C(=CCCN3CCC(O)CC3)C=CN=C1O2. The molecule has 1 fully saturated rings. The smallest absolute Gasteiger partial charge is 0.202 e. The molecule has 0 aromatic heterocycles. The van der Waals surface area contributed by atoms with E-state index in [0.29, 0.717) is 0 Å². The van der Waals surface area contributed by atoms with Crippen molar-refractivity contribution < 1.29 is 14.6 Å². The molecule has 144 valence electrons. The third-order valence-electron chi connectivity index (χ3n) is 5.76. The van der Waals surface area contributed by atoms with Crippen molar-refractivity contribution in [2.75, 3.05) is 26.7 Å². The van der Waals surface area contributed by atoms with Crippen LogP contribution in [0.1, 0.15) is 31.2 Å². The molecule has 0 spiro atoms. The highest BCUT2D eigenvalue weighted by Gasteiger charge is 2.29. The number of piperidine rings is 1. The Kier molecular flexibility index (Phi) is 5.60. The van der Waals surface area contributed by atoms with E-state index in [-0.39, 0.29) is 12.0 Å². The lowest BCUT2D eigenvalue weighted by Gasteiger charge is -2.29. The van der Waals surface area contributed by atoms with Gasteiger partial charge in [0.15, 0.2) is 0 Å². The Morgan fingerprint density at radius 2 is 2.15 bits per heavy atom. The molecule has 5 heteroatoms. The van der Waals surface area contributed by atoms with Gasteiger partial charge in [0, 0.05) is 31.4 Å². The number of methoxy groups -OCH3 is 1. The van der Waals surface area contributed by atoms with Crippen LogP contribution in [0.5, 0.6) is 11.5 Å². The maximum Gasteiger partial charge on any atom is 0.202 e. The zero-order chi connectivity index (χ0) is 18.6. The molecule has 1 aromatic rings. The van der Waals surface area contributed by atoms with Crippen LogP contribution in [0.25, 0.3) is 0 Å². The van der Waals surface area contributed by atoms with Crippen LogP contribution in [0, 0.1) is 5.92 Å². The van der Waals surface area contributed by atoms with Crippen molar-refractivity contribution in [1.29, 1.82) is 0 Å². The number of allylic oxidation sites excluding steroid dienone is 1. The van der Waals surface area contributed by atoms with Crippen LogP contribution >= 0.6 is 0 Å². The number of aliphatic hydroxyl groups excluding tert-OH is 1. The minimum absolute atomic E-state index is 0.110. The zero-order valence-corrected chi connectivity index (χ0v) is 15.9. The summed E-state index contributed by atoms with van der Waals surface area (Å²) in [5.41, 5.74) is 2.42. The molecule has 0 bridgehead atoms. The normalized spacial score (nSPS) is 24.6. The van der Waals surface area contributed by atoms with E-state index in [2.05, 4.69) is 22.0 Å². The molecule has 0 saturated carbocycles. The first-order chi connectivity index (χ1) is 13.2. The fourth-order valence-corrected chi connectivity index (χ4v) is 4.18. The van der Waals surface area contributed by atoms with E-state index >= 15 is 0 Å². The monoisotopic (exact) mass is 368 g/mol. The van der Waals surface area contributed by atoms with Crippen LogP contribution in [0.2, 0.25) is 0 Å². The van der Waals surface area contributed by atoms with Crippen LogP contribution in [0.3, 0.4) is 0 Å². The molecule has 0 aliphatic carbocycles. The minimum Gasteiger partial charge on any atom is -0.496 e. The van der Waals surface area contributed by atoms with Gasteiger partial charge in [0.25, 0.3) is 0 Å². The van der Waals surface area contributed by atoms with Gasteiger partial charge < -0.3 is 19.5 Å². The minimum atomic E-state index is -0.110. The summed E-state index contributed by atoms with van der Waals surface area (Å²) in [4.78, 5) is 6.96. The van der Waals surface area contributed by atoms with Gasteiger partial charge in [0.1, 0.15) is 11.5 Å². The summed E-state index contributed by atoms with van der Waals surface area (Å²) in [6.07, 6.45) is 10.9.